The summed E-state index contributed by atoms with van der Waals surface area (Å²) in [6, 6.07) is 10.5. The minimum atomic E-state index is 0. The van der Waals surface area contributed by atoms with E-state index in [4.69, 9.17) is 46.4 Å². The second-order valence-electron chi connectivity index (χ2n) is 3.25. The number of hydrogen-bond acceptors (Lipinski definition) is 0. The molecule has 0 aromatic heterocycles. The summed E-state index contributed by atoms with van der Waals surface area (Å²) in [6.07, 6.45) is 0. The highest BCUT2D eigenvalue weighted by Gasteiger charge is 2.09. The van der Waals surface area contributed by atoms with E-state index in [1.54, 1.807) is 36.4 Å². The summed E-state index contributed by atoms with van der Waals surface area (Å²) in [5, 5.41) is 2.40. The van der Waals surface area contributed by atoms with Gasteiger partial charge in [0.25, 0.3) is 0 Å². The molecule has 0 aliphatic carbocycles. The Balaban J connectivity index is 0.00000144. The van der Waals surface area contributed by atoms with Gasteiger partial charge in [0.1, 0.15) is 0 Å². The number of halogens is 4. The lowest BCUT2D eigenvalue weighted by molar-refractivity contribution is 1.61. The first-order valence-corrected chi connectivity index (χ1v) is 5.99. The fourth-order valence-electron chi connectivity index (χ4n) is 1.41. The van der Waals surface area contributed by atoms with Crippen LogP contribution in [-0.2, 0) is 0 Å². The van der Waals surface area contributed by atoms with Gasteiger partial charge in [-0.15, -0.1) is 0 Å². The van der Waals surface area contributed by atoms with Crippen LogP contribution in [0.3, 0.4) is 0 Å². The van der Waals surface area contributed by atoms with Crippen LogP contribution in [-0.4, -0.2) is 0 Å². The van der Waals surface area contributed by atoms with E-state index in [0.717, 1.165) is 11.1 Å². The van der Waals surface area contributed by atoms with E-state index in [-0.39, 0.29) is 7.43 Å². The van der Waals surface area contributed by atoms with E-state index in [9.17, 15) is 0 Å². The van der Waals surface area contributed by atoms with Gasteiger partial charge in [0, 0.05) is 31.2 Å². The van der Waals surface area contributed by atoms with Gasteiger partial charge in [0.2, 0.25) is 0 Å². The van der Waals surface area contributed by atoms with E-state index in [1.807, 2.05) is 0 Å². The van der Waals surface area contributed by atoms with Crippen molar-refractivity contribution in [1.82, 2.24) is 0 Å². The van der Waals surface area contributed by atoms with Gasteiger partial charge >= 0.3 is 0 Å². The van der Waals surface area contributed by atoms with Crippen LogP contribution in [0.4, 0.5) is 0 Å². The van der Waals surface area contributed by atoms with Crippen LogP contribution in [0.2, 0.25) is 20.1 Å². The van der Waals surface area contributed by atoms with Crippen LogP contribution in [0.25, 0.3) is 11.1 Å². The van der Waals surface area contributed by atoms with Crippen LogP contribution >= 0.6 is 46.4 Å². The Bertz CT molecular complexity index is 485. The first-order valence-electron chi connectivity index (χ1n) is 4.48. The fraction of sp³-hybridized carbons (Fsp3) is 0.0769. The maximum Gasteiger partial charge on any atom is 0.0485 e. The van der Waals surface area contributed by atoms with Gasteiger partial charge in [0.05, 0.1) is 0 Å². The summed E-state index contributed by atoms with van der Waals surface area (Å²) < 4.78 is 0. The molecule has 0 aliphatic rings. The van der Waals surface area contributed by atoms with Crippen molar-refractivity contribution in [2.45, 2.75) is 7.43 Å². The minimum Gasteiger partial charge on any atom is -0.0843 e. The SMILES string of the molecule is C.Clc1ccc(Cl)c(-c2cc(Cl)ccc2Cl)c1. The second-order valence-corrected chi connectivity index (χ2v) is 4.94. The Morgan fingerprint density at radius 3 is 1.29 bits per heavy atom. The molecule has 0 nitrogen and oxygen atoms in total. The smallest absolute Gasteiger partial charge is 0.0485 e. The van der Waals surface area contributed by atoms with Crippen molar-refractivity contribution in [2.24, 2.45) is 0 Å². The molecule has 0 saturated carbocycles. The van der Waals surface area contributed by atoms with Gasteiger partial charge in [-0.2, -0.15) is 0 Å². The third-order valence-corrected chi connectivity index (χ3v) is 3.28. The predicted octanol–water partition coefficient (Wildman–Crippen LogP) is 6.60. The quantitative estimate of drug-likeness (QED) is 0.556. The number of hydrogen-bond donors (Lipinski definition) is 0. The molecule has 0 atom stereocenters. The van der Waals surface area contributed by atoms with E-state index < -0.39 is 0 Å². The van der Waals surface area contributed by atoms with Crippen molar-refractivity contribution < 1.29 is 0 Å². The molecule has 0 N–H and O–H groups in total. The molecular weight excluding hydrogens is 298 g/mol. The zero-order valence-electron chi connectivity index (χ0n) is 7.98. The summed E-state index contributed by atoms with van der Waals surface area (Å²) in [4.78, 5) is 0. The summed E-state index contributed by atoms with van der Waals surface area (Å²) in [5.74, 6) is 0. The molecule has 0 spiro atoms. The topological polar surface area (TPSA) is 0 Å². The molecule has 0 amide bonds. The van der Waals surface area contributed by atoms with Gasteiger partial charge in [-0.25, -0.2) is 0 Å². The second kappa shape index (κ2) is 5.97. The van der Waals surface area contributed by atoms with Crippen LogP contribution in [0.5, 0.6) is 0 Å². The fourth-order valence-corrected chi connectivity index (χ4v) is 2.19. The molecule has 4 heteroatoms. The van der Waals surface area contributed by atoms with Crippen LogP contribution in [0, 0.1) is 0 Å². The third-order valence-electron chi connectivity index (χ3n) is 2.15. The molecule has 17 heavy (non-hydrogen) atoms. The lowest BCUT2D eigenvalue weighted by Gasteiger charge is -2.07. The maximum absolute atomic E-state index is 6.09. The molecule has 0 radical (unpaired) electrons. The highest BCUT2D eigenvalue weighted by molar-refractivity contribution is 6.38. The lowest BCUT2D eigenvalue weighted by atomic mass is 10.1. The summed E-state index contributed by atoms with van der Waals surface area (Å²) >= 11 is 24.0. The van der Waals surface area contributed by atoms with Crippen LogP contribution < -0.4 is 0 Å². The highest BCUT2D eigenvalue weighted by atomic mass is 35.5. The van der Waals surface area contributed by atoms with Crippen molar-refractivity contribution >= 4 is 46.4 Å². The normalized spacial score (nSPS) is 9.88. The Labute approximate surface area is 121 Å². The standard InChI is InChI=1S/C12H6Cl4.CH4/c13-7-1-3-11(15)9(5-7)10-6-8(14)2-4-12(10)16;/h1-6H;1H4. The molecule has 2 aromatic rings. The average Bonchev–Trinajstić information content (AvgIpc) is 2.25. The minimum absolute atomic E-state index is 0. The van der Waals surface area contributed by atoms with Gasteiger partial charge in [-0.3, -0.25) is 0 Å². The van der Waals surface area contributed by atoms with Crippen molar-refractivity contribution in [2.75, 3.05) is 0 Å². The summed E-state index contributed by atoms with van der Waals surface area (Å²) in [7, 11) is 0. The van der Waals surface area contributed by atoms with Crippen LogP contribution in [0.15, 0.2) is 36.4 Å². The van der Waals surface area contributed by atoms with E-state index in [1.165, 1.54) is 0 Å². The average molecular weight is 308 g/mol. The van der Waals surface area contributed by atoms with Crippen molar-refractivity contribution in [3.05, 3.63) is 56.5 Å². The zero-order chi connectivity index (χ0) is 11.7. The van der Waals surface area contributed by atoms with E-state index in [0.29, 0.717) is 20.1 Å². The van der Waals surface area contributed by atoms with Gasteiger partial charge < -0.3 is 0 Å². The molecule has 0 saturated heterocycles. The largest absolute Gasteiger partial charge is 0.0843 e. The molecule has 0 aliphatic heterocycles. The Morgan fingerprint density at radius 2 is 0.941 bits per heavy atom. The van der Waals surface area contributed by atoms with E-state index >= 15 is 0 Å². The monoisotopic (exact) mass is 306 g/mol. The number of rotatable bonds is 1. The molecule has 0 fully saturated rings. The molecule has 90 valence electrons. The first-order chi connectivity index (χ1) is 7.58. The predicted molar refractivity (Wildman–Crippen MR) is 78.6 cm³/mol. The first kappa shape index (κ1) is 14.7. The van der Waals surface area contributed by atoms with Gasteiger partial charge in [-0.05, 0) is 36.4 Å². The molecule has 0 heterocycles. The Morgan fingerprint density at radius 1 is 0.588 bits per heavy atom. The molecule has 0 bridgehead atoms. The maximum atomic E-state index is 6.09. The lowest BCUT2D eigenvalue weighted by Crippen LogP contribution is -1.82. The Hall–Kier alpha value is -0.400. The van der Waals surface area contributed by atoms with Crippen molar-refractivity contribution in [3.8, 4) is 11.1 Å². The van der Waals surface area contributed by atoms with Gasteiger partial charge in [-0.1, -0.05) is 53.8 Å². The highest BCUT2D eigenvalue weighted by Crippen LogP contribution is 2.36. The van der Waals surface area contributed by atoms with Crippen molar-refractivity contribution in [1.29, 1.82) is 0 Å². The van der Waals surface area contributed by atoms with E-state index in [2.05, 4.69) is 0 Å². The van der Waals surface area contributed by atoms with Gasteiger partial charge in [0.15, 0.2) is 0 Å². The molecule has 0 unspecified atom stereocenters. The molecule has 2 aromatic carbocycles. The summed E-state index contributed by atoms with van der Waals surface area (Å²) in [6.45, 7) is 0. The number of benzene rings is 2. The van der Waals surface area contributed by atoms with Crippen molar-refractivity contribution in [3.63, 3.8) is 0 Å². The Kier molecular flexibility index (Phi) is 5.15. The molecule has 2 rings (SSSR count). The summed E-state index contributed by atoms with van der Waals surface area (Å²) in [5.41, 5.74) is 1.56. The third kappa shape index (κ3) is 3.29. The zero-order valence-corrected chi connectivity index (χ0v) is 11.0. The molecular formula is C13H10Cl4. The van der Waals surface area contributed by atoms with Crippen LogP contribution in [0.1, 0.15) is 7.43 Å².